The Kier molecular flexibility index (Phi) is 2.49. The van der Waals surface area contributed by atoms with Gasteiger partial charge in [0.05, 0.1) is 0 Å². The van der Waals surface area contributed by atoms with Gasteiger partial charge in [-0.3, -0.25) is 0 Å². The van der Waals surface area contributed by atoms with Crippen LogP contribution < -0.4 is 0 Å². The molecule has 5 unspecified atom stereocenters. The van der Waals surface area contributed by atoms with Crippen LogP contribution in [0.5, 0.6) is 0 Å². The first-order valence-corrected chi connectivity index (χ1v) is 9.69. The number of allylic oxidation sites excluding steroid dienone is 2. The SMILES string of the molecule is CC1C=C2C3CC(C1)CC3C21c2ccccc2-c2ccc(Cl)cc21. The Labute approximate surface area is 148 Å². The van der Waals surface area contributed by atoms with Crippen molar-refractivity contribution in [2.75, 3.05) is 0 Å². The lowest BCUT2D eigenvalue weighted by Crippen LogP contribution is -2.51. The maximum atomic E-state index is 6.46. The van der Waals surface area contributed by atoms with Crippen LogP contribution in [0.3, 0.4) is 0 Å². The number of fused-ring (bicyclic) bond motifs is 8. The molecule has 5 atom stereocenters. The van der Waals surface area contributed by atoms with Gasteiger partial charge in [-0.1, -0.05) is 60.5 Å². The molecule has 4 aliphatic carbocycles. The Hall–Kier alpha value is -1.53. The fourth-order valence-corrected chi connectivity index (χ4v) is 6.89. The summed E-state index contributed by atoms with van der Waals surface area (Å²) in [5.41, 5.74) is 7.72. The van der Waals surface area contributed by atoms with Crippen molar-refractivity contribution in [1.82, 2.24) is 0 Å². The molecule has 120 valence electrons. The van der Waals surface area contributed by atoms with Gasteiger partial charge in [-0.25, -0.2) is 0 Å². The number of rotatable bonds is 0. The normalized spacial score (nSPS) is 37.5. The van der Waals surface area contributed by atoms with Crippen LogP contribution in [0.1, 0.15) is 37.3 Å². The lowest BCUT2D eigenvalue weighted by molar-refractivity contribution is 0.193. The van der Waals surface area contributed by atoms with Gasteiger partial charge >= 0.3 is 0 Å². The molecule has 2 aromatic rings. The van der Waals surface area contributed by atoms with E-state index in [0.29, 0.717) is 5.92 Å². The van der Waals surface area contributed by atoms with E-state index in [9.17, 15) is 0 Å². The smallest absolute Gasteiger partial charge is 0.0460 e. The summed E-state index contributed by atoms with van der Waals surface area (Å²) in [6.45, 7) is 2.41. The topological polar surface area (TPSA) is 0 Å². The molecule has 0 radical (unpaired) electrons. The van der Waals surface area contributed by atoms with E-state index < -0.39 is 0 Å². The standard InChI is InChI=1S/C23H21Cl/c1-13-8-14-10-18-20(9-13)23(21(18)11-14)19-5-3-2-4-16(19)17-7-6-15(24)12-22(17)23/h2-7,9,12-14,18,21H,8,10-11H2,1H3. The Morgan fingerprint density at radius 2 is 1.79 bits per heavy atom. The molecular weight excluding hydrogens is 312 g/mol. The summed E-state index contributed by atoms with van der Waals surface area (Å²) in [5.74, 6) is 3.22. The van der Waals surface area contributed by atoms with E-state index in [1.165, 1.54) is 36.0 Å². The fourth-order valence-electron chi connectivity index (χ4n) is 6.72. The first kappa shape index (κ1) is 13.7. The Bertz CT molecular complexity index is 908. The maximum absolute atomic E-state index is 6.46. The average molecular weight is 333 g/mol. The number of halogens is 1. The van der Waals surface area contributed by atoms with Crippen molar-refractivity contribution in [3.05, 3.63) is 70.3 Å². The van der Waals surface area contributed by atoms with E-state index in [4.69, 9.17) is 11.6 Å². The van der Waals surface area contributed by atoms with Gasteiger partial charge in [-0.15, -0.1) is 0 Å². The molecular formula is C23H21Cl. The van der Waals surface area contributed by atoms with Crippen LogP contribution in [0.2, 0.25) is 5.02 Å². The van der Waals surface area contributed by atoms with Gasteiger partial charge in [0.2, 0.25) is 0 Å². The van der Waals surface area contributed by atoms with Gasteiger partial charge in [0.25, 0.3) is 0 Å². The molecule has 1 spiro atoms. The van der Waals surface area contributed by atoms with Crippen LogP contribution >= 0.6 is 11.6 Å². The molecule has 0 saturated heterocycles. The highest BCUT2D eigenvalue weighted by atomic mass is 35.5. The zero-order valence-corrected chi connectivity index (χ0v) is 14.7. The first-order valence-electron chi connectivity index (χ1n) is 9.31. The second-order valence-corrected chi connectivity index (χ2v) is 8.87. The summed E-state index contributed by atoms with van der Waals surface area (Å²) in [5, 5.41) is 0.878. The highest BCUT2D eigenvalue weighted by molar-refractivity contribution is 6.30. The minimum Gasteiger partial charge on any atom is -0.0843 e. The Morgan fingerprint density at radius 1 is 0.958 bits per heavy atom. The largest absolute Gasteiger partial charge is 0.0843 e. The van der Waals surface area contributed by atoms with E-state index in [1.807, 2.05) is 0 Å². The van der Waals surface area contributed by atoms with Crippen molar-refractivity contribution in [3.63, 3.8) is 0 Å². The quantitative estimate of drug-likeness (QED) is 0.502. The van der Waals surface area contributed by atoms with Gasteiger partial charge in [-0.05, 0) is 77.3 Å². The third-order valence-corrected chi connectivity index (χ3v) is 7.52. The summed E-state index contributed by atoms with van der Waals surface area (Å²) in [6.07, 6.45) is 6.83. The number of hydrogen-bond acceptors (Lipinski definition) is 0. The minimum absolute atomic E-state index is 0.130. The summed E-state index contributed by atoms with van der Waals surface area (Å²) in [4.78, 5) is 0. The lowest BCUT2D eigenvalue weighted by atomic mass is 9.47. The van der Waals surface area contributed by atoms with Crippen LogP contribution in [0.4, 0.5) is 0 Å². The summed E-state index contributed by atoms with van der Waals surface area (Å²) in [6, 6.07) is 15.7. The van der Waals surface area contributed by atoms with Gasteiger partial charge in [-0.2, -0.15) is 0 Å². The molecule has 0 aliphatic heterocycles. The Morgan fingerprint density at radius 3 is 2.71 bits per heavy atom. The van der Waals surface area contributed by atoms with E-state index in [0.717, 1.165) is 22.8 Å². The molecule has 2 bridgehead atoms. The van der Waals surface area contributed by atoms with Gasteiger partial charge < -0.3 is 0 Å². The zero-order valence-electron chi connectivity index (χ0n) is 13.9. The predicted octanol–water partition coefficient (Wildman–Crippen LogP) is 6.23. The molecule has 0 nitrogen and oxygen atoms in total. The molecule has 24 heavy (non-hydrogen) atoms. The molecule has 0 amide bonds. The molecule has 0 N–H and O–H groups in total. The second-order valence-electron chi connectivity index (χ2n) is 8.43. The first-order chi connectivity index (χ1) is 11.7. The average Bonchev–Trinajstić information content (AvgIpc) is 3.02. The molecule has 0 aromatic heterocycles. The fraction of sp³-hybridized carbons (Fsp3) is 0.391. The third kappa shape index (κ3) is 1.40. The highest BCUT2D eigenvalue weighted by Gasteiger charge is 2.66. The zero-order chi connectivity index (χ0) is 16.1. The summed E-state index contributed by atoms with van der Waals surface area (Å²) < 4.78 is 0. The van der Waals surface area contributed by atoms with E-state index in [-0.39, 0.29) is 5.41 Å². The van der Waals surface area contributed by atoms with E-state index in [1.54, 1.807) is 11.1 Å². The minimum atomic E-state index is 0.130. The molecule has 6 rings (SSSR count). The van der Waals surface area contributed by atoms with Crippen LogP contribution in [0.15, 0.2) is 54.1 Å². The van der Waals surface area contributed by atoms with Crippen molar-refractivity contribution in [2.45, 2.75) is 31.6 Å². The predicted molar refractivity (Wildman–Crippen MR) is 99.2 cm³/mol. The number of benzene rings is 2. The third-order valence-electron chi connectivity index (χ3n) is 7.29. The van der Waals surface area contributed by atoms with Crippen LogP contribution in [0, 0.1) is 23.7 Å². The van der Waals surface area contributed by atoms with Crippen LogP contribution in [0.25, 0.3) is 11.1 Å². The molecule has 2 aromatic carbocycles. The monoisotopic (exact) mass is 332 g/mol. The van der Waals surface area contributed by atoms with Crippen LogP contribution in [-0.2, 0) is 5.41 Å². The van der Waals surface area contributed by atoms with Gasteiger partial charge in [0.1, 0.15) is 0 Å². The van der Waals surface area contributed by atoms with E-state index >= 15 is 0 Å². The van der Waals surface area contributed by atoms with Crippen molar-refractivity contribution < 1.29 is 0 Å². The Balaban J connectivity index is 1.71. The molecule has 0 heterocycles. The maximum Gasteiger partial charge on any atom is 0.0460 e. The molecule has 4 aliphatic rings. The summed E-state index contributed by atoms with van der Waals surface area (Å²) >= 11 is 6.46. The van der Waals surface area contributed by atoms with E-state index in [2.05, 4.69) is 55.5 Å². The van der Waals surface area contributed by atoms with Gasteiger partial charge in [0, 0.05) is 10.4 Å². The molecule has 2 saturated carbocycles. The van der Waals surface area contributed by atoms with Crippen molar-refractivity contribution in [3.8, 4) is 11.1 Å². The lowest BCUT2D eigenvalue weighted by Gasteiger charge is -2.55. The van der Waals surface area contributed by atoms with Crippen molar-refractivity contribution in [2.24, 2.45) is 23.7 Å². The van der Waals surface area contributed by atoms with Crippen LogP contribution in [-0.4, -0.2) is 0 Å². The van der Waals surface area contributed by atoms with Crippen molar-refractivity contribution >= 4 is 11.6 Å². The molecule has 1 heteroatoms. The number of hydrogen-bond donors (Lipinski definition) is 0. The highest BCUT2D eigenvalue weighted by Crippen LogP contribution is 2.73. The van der Waals surface area contributed by atoms with Gasteiger partial charge in [0.15, 0.2) is 0 Å². The summed E-state index contributed by atoms with van der Waals surface area (Å²) in [7, 11) is 0. The van der Waals surface area contributed by atoms with Crippen molar-refractivity contribution in [1.29, 1.82) is 0 Å². The second kappa shape index (κ2) is 4.35. The molecule has 2 fully saturated rings.